The van der Waals surface area contributed by atoms with Crippen LogP contribution in [0.5, 0.6) is 0 Å². The Balaban J connectivity index is 1.75. The number of aromatic nitrogens is 3. The fourth-order valence-electron chi connectivity index (χ4n) is 2.45. The molecule has 3 N–H and O–H groups in total. The van der Waals surface area contributed by atoms with E-state index in [4.69, 9.17) is 5.73 Å². The molecule has 3 heterocycles. The highest BCUT2D eigenvalue weighted by molar-refractivity contribution is 5.79. The summed E-state index contributed by atoms with van der Waals surface area (Å²) in [5.74, 6) is 1.25. The molecule has 0 bridgehead atoms. The van der Waals surface area contributed by atoms with Crippen molar-refractivity contribution in [1.82, 2.24) is 20.1 Å². The lowest BCUT2D eigenvalue weighted by Gasteiger charge is -2.36. The molecule has 1 unspecified atom stereocenters. The van der Waals surface area contributed by atoms with Crippen LogP contribution in [0.4, 0.5) is 11.9 Å². The second-order valence-corrected chi connectivity index (χ2v) is 4.25. The van der Waals surface area contributed by atoms with Gasteiger partial charge in [0.1, 0.15) is 0 Å². The number of amides is 1. The van der Waals surface area contributed by atoms with Crippen molar-refractivity contribution >= 4 is 17.8 Å². The quantitative estimate of drug-likeness (QED) is 0.649. The van der Waals surface area contributed by atoms with Crippen LogP contribution in [0.15, 0.2) is 0 Å². The summed E-state index contributed by atoms with van der Waals surface area (Å²) in [6, 6.07) is 0.320. The lowest BCUT2D eigenvalue weighted by Crippen LogP contribution is -2.51. The largest absolute Gasteiger partial charge is 0.368 e. The molecular weight excluding hydrogens is 208 g/mol. The molecule has 1 atom stereocenters. The summed E-state index contributed by atoms with van der Waals surface area (Å²) in [6.45, 7) is 2.35. The molecule has 2 fully saturated rings. The van der Waals surface area contributed by atoms with Gasteiger partial charge in [0.15, 0.2) is 0 Å². The van der Waals surface area contributed by atoms with Gasteiger partial charge in [-0.05, 0) is 6.42 Å². The van der Waals surface area contributed by atoms with E-state index in [0.29, 0.717) is 24.4 Å². The first-order chi connectivity index (χ1) is 7.74. The highest BCUT2D eigenvalue weighted by Gasteiger charge is 2.36. The third-order valence-corrected chi connectivity index (χ3v) is 3.27. The molecule has 0 aliphatic carbocycles. The van der Waals surface area contributed by atoms with E-state index in [-0.39, 0.29) is 5.91 Å². The zero-order valence-corrected chi connectivity index (χ0v) is 8.89. The molecular formula is C9H14N6O. The van der Waals surface area contributed by atoms with E-state index in [1.54, 1.807) is 0 Å². The second kappa shape index (κ2) is 3.36. The lowest BCUT2D eigenvalue weighted by molar-refractivity contribution is -0.129. The van der Waals surface area contributed by atoms with Crippen molar-refractivity contribution in [3.63, 3.8) is 0 Å². The smallest absolute Gasteiger partial charge is 0.246 e. The molecule has 7 nitrogen and oxygen atoms in total. The minimum Gasteiger partial charge on any atom is -0.368 e. The number of carbonyl (C=O) groups excluding carboxylic acids is 1. The second-order valence-electron chi connectivity index (χ2n) is 4.25. The minimum atomic E-state index is 0.277. The summed E-state index contributed by atoms with van der Waals surface area (Å²) in [5, 5.41) is 6.66. The fraction of sp³-hybridized carbons (Fsp3) is 0.667. The van der Waals surface area contributed by atoms with Crippen LogP contribution in [-0.2, 0) is 4.79 Å². The van der Waals surface area contributed by atoms with Gasteiger partial charge in [-0.1, -0.05) is 0 Å². The number of nitrogens with one attached hydrogen (secondary N) is 1. The molecule has 2 aliphatic heterocycles. The molecule has 86 valence electrons. The summed E-state index contributed by atoms with van der Waals surface area (Å²) in [5.41, 5.74) is 5.49. The van der Waals surface area contributed by atoms with Gasteiger partial charge in [-0.3, -0.25) is 4.79 Å². The van der Waals surface area contributed by atoms with Crippen LogP contribution in [0, 0.1) is 0 Å². The predicted octanol–water partition coefficient (Wildman–Crippen LogP) is -0.802. The Morgan fingerprint density at radius 3 is 3.06 bits per heavy atom. The van der Waals surface area contributed by atoms with E-state index >= 15 is 0 Å². The first-order valence-electron chi connectivity index (χ1n) is 5.46. The topological polar surface area (TPSA) is 91.1 Å². The SMILES string of the molecule is Nc1nc(N2CCN3C(=O)CCC3C2)n[nH]1. The van der Waals surface area contributed by atoms with Crippen molar-refractivity contribution in [3.05, 3.63) is 0 Å². The van der Waals surface area contributed by atoms with Crippen LogP contribution < -0.4 is 10.6 Å². The molecule has 3 rings (SSSR count). The van der Waals surface area contributed by atoms with E-state index in [1.165, 1.54) is 0 Å². The maximum atomic E-state index is 11.5. The van der Waals surface area contributed by atoms with E-state index in [1.807, 2.05) is 4.90 Å². The number of carbonyl (C=O) groups is 1. The van der Waals surface area contributed by atoms with Gasteiger partial charge in [-0.25, -0.2) is 5.10 Å². The molecule has 0 saturated carbocycles. The van der Waals surface area contributed by atoms with Gasteiger partial charge in [0, 0.05) is 32.1 Å². The standard InChI is InChI=1S/C9H14N6O/c10-8-11-9(13-12-8)14-3-4-15-6(5-14)1-2-7(15)16/h6H,1-5H2,(H3,10,11,12,13). The van der Waals surface area contributed by atoms with Crippen LogP contribution in [0.3, 0.4) is 0 Å². The monoisotopic (exact) mass is 222 g/mol. The molecule has 2 saturated heterocycles. The average molecular weight is 222 g/mol. The minimum absolute atomic E-state index is 0.277. The Morgan fingerprint density at radius 1 is 1.44 bits per heavy atom. The fourth-order valence-corrected chi connectivity index (χ4v) is 2.45. The summed E-state index contributed by atoms with van der Waals surface area (Å²) in [7, 11) is 0. The summed E-state index contributed by atoms with van der Waals surface area (Å²) < 4.78 is 0. The summed E-state index contributed by atoms with van der Waals surface area (Å²) in [4.78, 5) is 19.6. The van der Waals surface area contributed by atoms with Gasteiger partial charge >= 0.3 is 0 Å². The van der Waals surface area contributed by atoms with Crippen LogP contribution in [0.25, 0.3) is 0 Å². The molecule has 16 heavy (non-hydrogen) atoms. The van der Waals surface area contributed by atoms with Gasteiger partial charge in [0.05, 0.1) is 0 Å². The zero-order chi connectivity index (χ0) is 11.1. The first kappa shape index (κ1) is 9.44. The summed E-state index contributed by atoms with van der Waals surface area (Å²) in [6.07, 6.45) is 1.61. The lowest BCUT2D eigenvalue weighted by atomic mass is 10.2. The van der Waals surface area contributed by atoms with Gasteiger partial charge in [0.2, 0.25) is 17.8 Å². The molecule has 1 amide bonds. The van der Waals surface area contributed by atoms with Crippen LogP contribution >= 0.6 is 0 Å². The molecule has 7 heteroatoms. The van der Waals surface area contributed by atoms with Crippen LogP contribution in [0.2, 0.25) is 0 Å². The van der Waals surface area contributed by atoms with Gasteiger partial charge < -0.3 is 15.5 Å². The highest BCUT2D eigenvalue weighted by Crippen LogP contribution is 2.24. The Kier molecular flexibility index (Phi) is 1.98. The van der Waals surface area contributed by atoms with Gasteiger partial charge in [-0.2, -0.15) is 4.98 Å². The number of aromatic amines is 1. The van der Waals surface area contributed by atoms with E-state index < -0.39 is 0 Å². The molecule has 1 aromatic rings. The van der Waals surface area contributed by atoms with Crippen molar-refractivity contribution in [3.8, 4) is 0 Å². The number of nitrogens with two attached hydrogens (primary N) is 1. The van der Waals surface area contributed by atoms with Crippen LogP contribution in [-0.4, -0.2) is 51.7 Å². The first-order valence-corrected chi connectivity index (χ1v) is 5.46. The highest BCUT2D eigenvalue weighted by atomic mass is 16.2. The summed E-state index contributed by atoms with van der Waals surface area (Å²) >= 11 is 0. The van der Waals surface area contributed by atoms with Crippen LogP contribution in [0.1, 0.15) is 12.8 Å². The van der Waals surface area contributed by atoms with E-state index in [9.17, 15) is 4.79 Å². The third-order valence-electron chi connectivity index (χ3n) is 3.27. The Hall–Kier alpha value is -1.79. The maximum absolute atomic E-state index is 11.5. The van der Waals surface area contributed by atoms with Gasteiger partial charge in [-0.15, -0.1) is 5.10 Å². The van der Waals surface area contributed by atoms with Crippen molar-refractivity contribution < 1.29 is 4.79 Å². The zero-order valence-electron chi connectivity index (χ0n) is 8.89. The number of rotatable bonds is 1. The number of H-pyrrole nitrogens is 1. The Labute approximate surface area is 92.6 Å². The number of fused-ring (bicyclic) bond motifs is 1. The molecule has 2 aliphatic rings. The van der Waals surface area contributed by atoms with Crippen molar-refractivity contribution in [1.29, 1.82) is 0 Å². The maximum Gasteiger partial charge on any atom is 0.246 e. The number of nitrogens with zero attached hydrogens (tertiary/aromatic N) is 4. The van der Waals surface area contributed by atoms with E-state index in [2.05, 4.69) is 20.1 Å². The number of piperazine rings is 1. The Bertz CT molecular complexity index is 416. The van der Waals surface area contributed by atoms with Crippen molar-refractivity contribution in [2.75, 3.05) is 30.3 Å². The molecule has 0 aromatic carbocycles. The predicted molar refractivity (Wildman–Crippen MR) is 57.7 cm³/mol. The number of nitrogen functional groups attached to an aromatic ring is 1. The number of anilines is 2. The molecule has 0 radical (unpaired) electrons. The van der Waals surface area contributed by atoms with Crippen molar-refractivity contribution in [2.24, 2.45) is 0 Å². The Morgan fingerprint density at radius 2 is 2.31 bits per heavy atom. The number of hydrogen-bond acceptors (Lipinski definition) is 5. The van der Waals surface area contributed by atoms with Gasteiger partial charge in [0.25, 0.3) is 0 Å². The normalized spacial score (nSPS) is 25.0. The molecule has 0 spiro atoms. The third kappa shape index (κ3) is 1.39. The van der Waals surface area contributed by atoms with Crippen molar-refractivity contribution in [2.45, 2.75) is 18.9 Å². The van der Waals surface area contributed by atoms with E-state index in [0.717, 1.165) is 26.1 Å². The molecule has 1 aromatic heterocycles. The average Bonchev–Trinajstić information content (AvgIpc) is 2.86. The number of hydrogen-bond donors (Lipinski definition) is 2.